The SMILES string of the molecule is O=C(O[C@H](c1ccccc1)[C@H](Oc1ccccc1P(c1ccccc1)c1ccccc1)c1ccccc1)c1ccccc1P(c1ccccc1)c1ccccc1. The topological polar surface area (TPSA) is 35.5 Å². The van der Waals surface area contributed by atoms with Gasteiger partial charge in [-0.1, -0.05) is 218 Å². The number of rotatable bonds is 13. The van der Waals surface area contributed by atoms with Crippen molar-refractivity contribution in [3.63, 3.8) is 0 Å². The van der Waals surface area contributed by atoms with Crippen molar-refractivity contribution in [2.75, 3.05) is 0 Å². The molecule has 8 aromatic carbocycles. The Bertz CT molecular complexity index is 2370. The predicted molar refractivity (Wildman–Crippen MR) is 235 cm³/mol. The van der Waals surface area contributed by atoms with E-state index < -0.39 is 34.0 Å². The molecule has 5 heteroatoms. The van der Waals surface area contributed by atoms with E-state index in [-0.39, 0.29) is 0 Å². The van der Waals surface area contributed by atoms with Crippen LogP contribution < -0.4 is 36.6 Å². The summed E-state index contributed by atoms with van der Waals surface area (Å²) in [5.74, 6) is 0.344. The Balaban J connectivity index is 1.23. The number of carbonyl (C=O) groups is 1. The van der Waals surface area contributed by atoms with Crippen LogP contribution in [0.4, 0.5) is 0 Å². The standard InChI is InChI=1S/C51H40O3P2/c52-51(45-35-19-21-37-47(45)55(41-27-11-3-12-28-41)42-29-13-4-14-30-42)54-50(40-25-9-2-10-26-40)49(39-23-7-1-8-24-39)53-46-36-20-22-38-48(46)56(43-31-15-5-16-32-43)44-33-17-6-18-34-44/h1-38,49-50H/t49-,50-/m1/s1. The molecule has 0 radical (unpaired) electrons. The van der Waals surface area contributed by atoms with Gasteiger partial charge in [-0.15, -0.1) is 0 Å². The lowest BCUT2D eigenvalue weighted by Gasteiger charge is -2.31. The van der Waals surface area contributed by atoms with Gasteiger partial charge in [0.05, 0.1) is 5.56 Å². The van der Waals surface area contributed by atoms with Crippen LogP contribution in [-0.4, -0.2) is 5.97 Å². The summed E-state index contributed by atoms with van der Waals surface area (Å²) >= 11 is 0. The van der Waals surface area contributed by atoms with Crippen LogP contribution >= 0.6 is 15.8 Å². The number of para-hydroxylation sites is 1. The maximum Gasteiger partial charge on any atom is 0.339 e. The highest BCUT2D eigenvalue weighted by atomic mass is 31.1. The second-order valence-corrected chi connectivity index (χ2v) is 17.6. The quantitative estimate of drug-likeness (QED) is 0.0867. The minimum absolute atomic E-state index is 0.401. The normalized spacial score (nSPS) is 12.2. The average molecular weight is 763 g/mol. The fourth-order valence-electron chi connectivity index (χ4n) is 6.96. The van der Waals surface area contributed by atoms with E-state index in [0.717, 1.165) is 38.1 Å². The number of benzene rings is 8. The van der Waals surface area contributed by atoms with Gasteiger partial charge in [-0.25, -0.2) is 4.79 Å². The molecular weight excluding hydrogens is 723 g/mol. The van der Waals surface area contributed by atoms with Crippen molar-refractivity contribution < 1.29 is 14.3 Å². The van der Waals surface area contributed by atoms with Gasteiger partial charge in [0, 0.05) is 5.30 Å². The number of ether oxygens (including phenoxy) is 2. The van der Waals surface area contributed by atoms with Crippen LogP contribution in [0, 0.1) is 0 Å². The van der Waals surface area contributed by atoms with Gasteiger partial charge in [0.2, 0.25) is 0 Å². The lowest BCUT2D eigenvalue weighted by molar-refractivity contribution is -0.0114. The van der Waals surface area contributed by atoms with Crippen LogP contribution in [-0.2, 0) is 4.74 Å². The molecule has 3 nitrogen and oxygen atoms in total. The zero-order valence-electron chi connectivity index (χ0n) is 30.7. The van der Waals surface area contributed by atoms with Gasteiger partial charge in [-0.05, 0) is 65.6 Å². The summed E-state index contributed by atoms with van der Waals surface area (Å²) in [6, 6.07) is 78.3. The van der Waals surface area contributed by atoms with Crippen LogP contribution in [0.2, 0.25) is 0 Å². The Morgan fingerprint density at radius 1 is 0.357 bits per heavy atom. The summed E-state index contributed by atoms with van der Waals surface area (Å²) in [7, 11) is -2.04. The smallest absolute Gasteiger partial charge is 0.339 e. The largest absolute Gasteiger partial charge is 0.481 e. The summed E-state index contributed by atoms with van der Waals surface area (Å²) in [6.45, 7) is 0. The molecule has 0 spiro atoms. The van der Waals surface area contributed by atoms with Crippen molar-refractivity contribution in [2.24, 2.45) is 0 Å². The molecular formula is C51H40O3P2. The molecule has 0 N–H and O–H groups in total. The summed E-state index contributed by atoms with van der Waals surface area (Å²) in [5, 5.41) is 6.78. The fourth-order valence-corrected chi connectivity index (χ4v) is 11.8. The maximum absolute atomic E-state index is 14.9. The molecule has 2 atom stereocenters. The van der Waals surface area contributed by atoms with Crippen LogP contribution in [0.3, 0.4) is 0 Å². The van der Waals surface area contributed by atoms with Gasteiger partial charge in [0.15, 0.2) is 12.2 Å². The average Bonchev–Trinajstić information content (AvgIpc) is 3.28. The molecule has 8 rings (SSSR count). The van der Waals surface area contributed by atoms with Gasteiger partial charge in [0.1, 0.15) is 5.75 Å². The number of hydrogen-bond acceptors (Lipinski definition) is 3. The monoisotopic (exact) mass is 762 g/mol. The van der Waals surface area contributed by atoms with Gasteiger partial charge in [0.25, 0.3) is 0 Å². The molecule has 0 aliphatic rings. The van der Waals surface area contributed by atoms with Gasteiger partial charge < -0.3 is 9.47 Å². The van der Waals surface area contributed by atoms with E-state index in [9.17, 15) is 4.79 Å². The molecule has 0 saturated heterocycles. The van der Waals surface area contributed by atoms with Crippen LogP contribution in [0.5, 0.6) is 5.75 Å². The first-order valence-electron chi connectivity index (χ1n) is 18.7. The summed E-state index contributed by atoms with van der Waals surface area (Å²) in [4.78, 5) is 14.9. The van der Waals surface area contributed by atoms with Crippen molar-refractivity contribution in [3.05, 3.63) is 247 Å². The van der Waals surface area contributed by atoms with E-state index in [1.807, 2.05) is 103 Å². The third-order valence-corrected chi connectivity index (χ3v) is 14.5. The molecule has 0 saturated carbocycles. The van der Waals surface area contributed by atoms with Crippen molar-refractivity contribution in [3.8, 4) is 5.75 Å². The van der Waals surface area contributed by atoms with Gasteiger partial charge in [-0.2, -0.15) is 0 Å². The molecule has 8 aromatic rings. The molecule has 0 aromatic heterocycles. The zero-order chi connectivity index (χ0) is 37.9. The molecule has 0 heterocycles. The van der Waals surface area contributed by atoms with E-state index in [0.29, 0.717) is 5.56 Å². The summed E-state index contributed by atoms with van der Waals surface area (Å²) in [6.07, 6.45) is -1.46. The molecule has 0 amide bonds. The molecule has 56 heavy (non-hydrogen) atoms. The maximum atomic E-state index is 14.9. The third-order valence-electron chi connectivity index (χ3n) is 9.55. The Kier molecular flexibility index (Phi) is 11.9. The minimum Gasteiger partial charge on any atom is -0.481 e. The highest BCUT2D eigenvalue weighted by Gasteiger charge is 2.34. The Hall–Kier alpha value is -6.11. The lowest BCUT2D eigenvalue weighted by atomic mass is 9.97. The summed E-state index contributed by atoms with van der Waals surface area (Å²) in [5.41, 5.74) is 2.28. The first-order valence-corrected chi connectivity index (χ1v) is 21.4. The lowest BCUT2D eigenvalue weighted by Crippen LogP contribution is -2.29. The van der Waals surface area contributed by atoms with E-state index in [1.165, 1.54) is 10.6 Å². The van der Waals surface area contributed by atoms with Crippen LogP contribution in [0.25, 0.3) is 0 Å². The molecule has 0 aliphatic heterocycles. The molecule has 0 aliphatic carbocycles. The second kappa shape index (κ2) is 18.0. The predicted octanol–water partition coefficient (Wildman–Crippen LogP) is 9.92. The van der Waals surface area contributed by atoms with Gasteiger partial charge >= 0.3 is 5.97 Å². The summed E-state index contributed by atoms with van der Waals surface area (Å²) < 4.78 is 14.1. The van der Waals surface area contributed by atoms with E-state index in [2.05, 4.69) is 127 Å². The van der Waals surface area contributed by atoms with Crippen molar-refractivity contribution >= 4 is 53.6 Å². The molecule has 0 bridgehead atoms. The van der Waals surface area contributed by atoms with Crippen LogP contribution in [0.15, 0.2) is 231 Å². The number of carbonyl (C=O) groups excluding carboxylic acids is 1. The Labute approximate surface area is 331 Å². The molecule has 0 fully saturated rings. The van der Waals surface area contributed by atoms with E-state index in [4.69, 9.17) is 9.47 Å². The number of hydrogen-bond donors (Lipinski definition) is 0. The van der Waals surface area contributed by atoms with Crippen molar-refractivity contribution in [1.82, 2.24) is 0 Å². The Morgan fingerprint density at radius 3 is 1.16 bits per heavy atom. The minimum atomic E-state index is -1.06. The third kappa shape index (κ3) is 8.41. The van der Waals surface area contributed by atoms with Crippen molar-refractivity contribution in [1.29, 1.82) is 0 Å². The fraction of sp³-hybridized carbons (Fsp3) is 0.0392. The van der Waals surface area contributed by atoms with E-state index in [1.54, 1.807) is 0 Å². The van der Waals surface area contributed by atoms with Crippen LogP contribution in [0.1, 0.15) is 33.7 Å². The highest BCUT2D eigenvalue weighted by Crippen LogP contribution is 2.42. The molecule has 0 unspecified atom stereocenters. The number of esters is 1. The Morgan fingerprint density at radius 2 is 0.696 bits per heavy atom. The highest BCUT2D eigenvalue weighted by molar-refractivity contribution is 7.80. The second-order valence-electron chi connectivity index (χ2n) is 13.2. The molecule has 272 valence electrons. The first-order chi connectivity index (χ1) is 27.7. The van der Waals surface area contributed by atoms with Crippen molar-refractivity contribution in [2.45, 2.75) is 12.2 Å². The van der Waals surface area contributed by atoms with Gasteiger partial charge in [-0.3, -0.25) is 0 Å². The zero-order valence-corrected chi connectivity index (χ0v) is 32.5. The van der Waals surface area contributed by atoms with E-state index >= 15 is 0 Å². The first kappa shape index (κ1) is 36.8.